The molecule has 0 radical (unpaired) electrons. The molecule has 0 amide bonds. The van der Waals surface area contributed by atoms with Gasteiger partial charge in [-0.25, -0.2) is 14.4 Å². The molecule has 6 rings (SSSR count). The number of rotatable bonds is 9. The van der Waals surface area contributed by atoms with Gasteiger partial charge in [-0.2, -0.15) is 5.26 Å². The molecule has 1 N–H and O–H groups in total. The number of carbonyl (C=O) groups excluding carboxylic acids is 1. The first kappa shape index (κ1) is 28.0. The van der Waals surface area contributed by atoms with Gasteiger partial charge in [-0.1, -0.05) is 12.1 Å². The zero-order chi connectivity index (χ0) is 29.3. The Labute approximate surface area is 243 Å². The summed E-state index contributed by atoms with van der Waals surface area (Å²) in [4.78, 5) is 23.7. The van der Waals surface area contributed by atoms with Crippen LogP contribution in [-0.2, 0) is 30.0 Å². The van der Waals surface area contributed by atoms with Gasteiger partial charge in [0.25, 0.3) is 0 Å². The minimum absolute atomic E-state index is 0.0194. The fourth-order valence-electron chi connectivity index (χ4n) is 5.53. The predicted octanol–water partition coefficient (Wildman–Crippen LogP) is 4.50. The average Bonchev–Trinajstić information content (AvgIpc) is 3.31. The lowest BCUT2D eigenvalue weighted by molar-refractivity contribution is -0.0596. The van der Waals surface area contributed by atoms with E-state index in [1.807, 2.05) is 24.3 Å². The van der Waals surface area contributed by atoms with E-state index in [9.17, 15) is 14.3 Å². The Morgan fingerprint density at radius 1 is 1.19 bits per heavy atom. The summed E-state index contributed by atoms with van der Waals surface area (Å²) in [5, 5.41) is 20.5. The molecule has 2 fully saturated rings. The standard InChI is InChI=1S/C32H32FN5O4/c1-21(39)23-7-8-27-28(16-23)38(18-25-9-14-41-25)30(35-27)19-37-12-10-32(40,11-13-37)29-3-2-4-31(36-29)42-20-24-6-5-22(17-34)15-26(24)33/h2-8,15-16,25,40H,9-14,18-20H2,1H3/t25-/m0/s1. The minimum Gasteiger partial charge on any atom is -0.473 e. The molecular weight excluding hydrogens is 537 g/mol. The van der Waals surface area contributed by atoms with Crippen LogP contribution in [0.3, 0.4) is 0 Å². The van der Waals surface area contributed by atoms with Crippen LogP contribution in [0.2, 0.25) is 0 Å². The fraction of sp³-hybridized carbons (Fsp3) is 0.375. The summed E-state index contributed by atoms with van der Waals surface area (Å²) in [7, 11) is 0. The quantitative estimate of drug-likeness (QED) is 0.293. The largest absolute Gasteiger partial charge is 0.473 e. The summed E-state index contributed by atoms with van der Waals surface area (Å²) in [5.74, 6) is 0.717. The monoisotopic (exact) mass is 569 g/mol. The van der Waals surface area contributed by atoms with E-state index in [0.717, 1.165) is 29.9 Å². The number of benzene rings is 2. The lowest BCUT2D eigenvalue weighted by Gasteiger charge is -2.38. The molecule has 0 bridgehead atoms. The number of aliphatic hydroxyl groups is 1. The smallest absolute Gasteiger partial charge is 0.213 e. The van der Waals surface area contributed by atoms with E-state index in [1.54, 1.807) is 31.2 Å². The second-order valence-corrected chi connectivity index (χ2v) is 11.1. The number of imidazole rings is 1. The van der Waals surface area contributed by atoms with E-state index in [1.165, 1.54) is 12.1 Å². The number of halogens is 1. The van der Waals surface area contributed by atoms with Crippen molar-refractivity contribution >= 4 is 16.8 Å². The molecule has 42 heavy (non-hydrogen) atoms. The zero-order valence-electron chi connectivity index (χ0n) is 23.4. The van der Waals surface area contributed by atoms with Gasteiger partial charge in [0.1, 0.15) is 23.8 Å². The Bertz CT molecular complexity index is 1670. The third kappa shape index (κ3) is 5.77. The number of nitrogens with zero attached hydrogens (tertiary/aromatic N) is 5. The molecule has 0 aliphatic carbocycles. The van der Waals surface area contributed by atoms with E-state index in [4.69, 9.17) is 19.7 Å². The van der Waals surface area contributed by atoms with Crippen molar-refractivity contribution in [1.29, 1.82) is 5.26 Å². The van der Waals surface area contributed by atoms with Gasteiger partial charge in [-0.05, 0) is 62.6 Å². The van der Waals surface area contributed by atoms with Gasteiger partial charge in [0.15, 0.2) is 5.78 Å². The average molecular weight is 570 g/mol. The van der Waals surface area contributed by atoms with E-state index >= 15 is 0 Å². The topological polar surface area (TPSA) is 114 Å². The molecule has 2 saturated heterocycles. The Hall–Kier alpha value is -4.17. The Morgan fingerprint density at radius 2 is 2.00 bits per heavy atom. The maximum absolute atomic E-state index is 14.3. The summed E-state index contributed by atoms with van der Waals surface area (Å²) in [6.07, 6.45) is 2.10. The summed E-state index contributed by atoms with van der Waals surface area (Å²) in [6, 6.07) is 17.0. The summed E-state index contributed by atoms with van der Waals surface area (Å²) >= 11 is 0. The second-order valence-electron chi connectivity index (χ2n) is 11.1. The highest BCUT2D eigenvalue weighted by molar-refractivity contribution is 5.97. The molecule has 4 heterocycles. The number of piperidine rings is 1. The highest BCUT2D eigenvalue weighted by Gasteiger charge is 2.36. The van der Waals surface area contributed by atoms with E-state index < -0.39 is 11.4 Å². The molecule has 2 aliphatic rings. The van der Waals surface area contributed by atoms with Gasteiger partial charge in [-0.3, -0.25) is 9.69 Å². The molecule has 4 aromatic rings. The summed E-state index contributed by atoms with van der Waals surface area (Å²) < 4.78 is 27.9. The first-order valence-electron chi connectivity index (χ1n) is 14.2. The van der Waals surface area contributed by atoms with Gasteiger partial charge in [0, 0.05) is 36.9 Å². The number of ether oxygens (including phenoxy) is 2. The highest BCUT2D eigenvalue weighted by atomic mass is 19.1. The van der Waals surface area contributed by atoms with Gasteiger partial charge in [-0.15, -0.1) is 0 Å². The summed E-state index contributed by atoms with van der Waals surface area (Å²) in [6.45, 7) is 4.87. The van der Waals surface area contributed by atoms with Crippen molar-refractivity contribution in [2.45, 2.75) is 57.6 Å². The van der Waals surface area contributed by atoms with Crippen LogP contribution in [0.1, 0.15) is 59.2 Å². The number of fused-ring (bicyclic) bond motifs is 1. The Balaban J connectivity index is 1.13. The number of nitriles is 1. The van der Waals surface area contributed by atoms with Crippen molar-refractivity contribution in [2.24, 2.45) is 0 Å². The molecular formula is C32H32FN5O4. The third-order valence-corrected chi connectivity index (χ3v) is 8.22. The lowest BCUT2D eigenvalue weighted by Crippen LogP contribution is -2.43. The molecule has 0 saturated carbocycles. The van der Waals surface area contributed by atoms with Crippen molar-refractivity contribution in [3.63, 3.8) is 0 Å². The predicted molar refractivity (Wildman–Crippen MR) is 152 cm³/mol. The number of carbonyl (C=O) groups is 1. The van der Waals surface area contributed by atoms with Crippen LogP contribution in [0.25, 0.3) is 11.0 Å². The van der Waals surface area contributed by atoms with E-state index in [-0.39, 0.29) is 24.1 Å². The molecule has 0 spiro atoms. The van der Waals surface area contributed by atoms with Crippen LogP contribution in [0.15, 0.2) is 54.6 Å². The van der Waals surface area contributed by atoms with Crippen molar-refractivity contribution in [2.75, 3.05) is 19.7 Å². The Morgan fingerprint density at radius 3 is 2.69 bits per heavy atom. The molecule has 0 unspecified atom stereocenters. The van der Waals surface area contributed by atoms with Crippen LogP contribution in [0.5, 0.6) is 5.88 Å². The number of ketones is 1. The van der Waals surface area contributed by atoms with Crippen LogP contribution in [0.4, 0.5) is 4.39 Å². The normalized spacial score (nSPS) is 18.4. The second kappa shape index (κ2) is 11.6. The van der Waals surface area contributed by atoms with E-state index in [0.29, 0.717) is 61.7 Å². The molecule has 2 aliphatic heterocycles. The summed E-state index contributed by atoms with van der Waals surface area (Å²) in [5.41, 5.74) is 2.41. The molecule has 2 aromatic heterocycles. The van der Waals surface area contributed by atoms with Crippen LogP contribution in [-0.4, -0.2) is 56.1 Å². The first-order chi connectivity index (χ1) is 20.3. The van der Waals surface area contributed by atoms with Crippen molar-refractivity contribution < 1.29 is 23.8 Å². The first-order valence-corrected chi connectivity index (χ1v) is 14.2. The number of hydrogen-bond donors (Lipinski definition) is 1. The number of Topliss-reactive ketones (excluding diaryl/α,β-unsaturated/α-hetero) is 1. The van der Waals surface area contributed by atoms with Gasteiger partial charge in [0.2, 0.25) is 5.88 Å². The number of aromatic nitrogens is 3. The fourth-order valence-corrected chi connectivity index (χ4v) is 5.53. The van der Waals surface area contributed by atoms with Gasteiger partial charge in [0.05, 0.1) is 47.6 Å². The lowest BCUT2D eigenvalue weighted by atomic mass is 9.87. The third-order valence-electron chi connectivity index (χ3n) is 8.22. The highest BCUT2D eigenvalue weighted by Crippen LogP contribution is 2.33. The van der Waals surface area contributed by atoms with Crippen molar-refractivity contribution in [3.05, 3.63) is 88.6 Å². The minimum atomic E-state index is -1.12. The van der Waals surface area contributed by atoms with E-state index in [2.05, 4.69) is 14.5 Å². The van der Waals surface area contributed by atoms with Crippen LogP contribution >= 0.6 is 0 Å². The number of hydrogen-bond acceptors (Lipinski definition) is 8. The Kier molecular flexibility index (Phi) is 7.73. The van der Waals surface area contributed by atoms with Gasteiger partial charge >= 0.3 is 0 Å². The molecule has 9 nitrogen and oxygen atoms in total. The molecule has 10 heteroatoms. The maximum Gasteiger partial charge on any atom is 0.213 e. The van der Waals surface area contributed by atoms with Crippen LogP contribution in [0, 0.1) is 17.1 Å². The molecule has 2 aromatic carbocycles. The number of pyridine rings is 1. The SMILES string of the molecule is CC(=O)c1ccc2nc(CN3CCC(O)(c4cccc(OCc5ccc(C#N)cc5F)n4)CC3)n(C[C@@H]3CCO3)c2c1. The molecule has 1 atom stereocenters. The van der Waals surface area contributed by atoms with Crippen molar-refractivity contribution in [1.82, 2.24) is 19.4 Å². The van der Waals surface area contributed by atoms with Crippen LogP contribution < -0.4 is 4.74 Å². The number of likely N-dealkylation sites (tertiary alicyclic amines) is 1. The zero-order valence-corrected chi connectivity index (χ0v) is 23.4. The van der Waals surface area contributed by atoms with Crippen molar-refractivity contribution in [3.8, 4) is 11.9 Å². The molecule has 216 valence electrons. The maximum atomic E-state index is 14.3. The van der Waals surface area contributed by atoms with Gasteiger partial charge < -0.3 is 19.1 Å².